The molecular formula is C27H43F2NO3. The van der Waals surface area contributed by atoms with E-state index in [0.29, 0.717) is 43.4 Å². The van der Waals surface area contributed by atoms with E-state index in [1.807, 2.05) is 0 Å². The van der Waals surface area contributed by atoms with Crippen molar-refractivity contribution in [3.8, 4) is 0 Å². The summed E-state index contributed by atoms with van der Waals surface area (Å²) < 4.78 is 26.8. The SMILES string of the molecule is C[C@H](CN1CCCC(O)(C(F)F)C1)[C@H]1CC[C@H]2C(=CC=C3C[C@@H](O)C[C@H](O)C3)CCC[C@]12C. The molecule has 0 radical (unpaired) electrons. The molecule has 0 bridgehead atoms. The summed E-state index contributed by atoms with van der Waals surface area (Å²) in [5.74, 6) is 1.51. The van der Waals surface area contributed by atoms with E-state index in [9.17, 15) is 24.1 Å². The van der Waals surface area contributed by atoms with Gasteiger partial charge in [-0.25, -0.2) is 8.78 Å². The first-order valence-corrected chi connectivity index (χ1v) is 13.1. The topological polar surface area (TPSA) is 63.9 Å². The van der Waals surface area contributed by atoms with Gasteiger partial charge in [-0.05, 0) is 93.9 Å². The predicted octanol–water partition coefficient (Wildman–Crippen LogP) is 4.69. The van der Waals surface area contributed by atoms with Gasteiger partial charge >= 0.3 is 0 Å². The number of halogens is 2. The fraction of sp³-hybridized carbons (Fsp3) is 0.852. The number of aliphatic hydroxyl groups excluding tert-OH is 2. The van der Waals surface area contributed by atoms with E-state index in [1.54, 1.807) is 0 Å². The summed E-state index contributed by atoms with van der Waals surface area (Å²) in [5.41, 5.74) is 1.02. The van der Waals surface area contributed by atoms with E-state index >= 15 is 0 Å². The summed E-state index contributed by atoms with van der Waals surface area (Å²) >= 11 is 0. The van der Waals surface area contributed by atoms with Crippen LogP contribution in [0.1, 0.15) is 78.1 Å². The lowest BCUT2D eigenvalue weighted by Gasteiger charge is -2.46. The lowest BCUT2D eigenvalue weighted by atomic mass is 9.61. The first-order valence-electron chi connectivity index (χ1n) is 13.1. The van der Waals surface area contributed by atoms with E-state index < -0.39 is 24.2 Å². The van der Waals surface area contributed by atoms with Crippen molar-refractivity contribution in [1.82, 2.24) is 4.90 Å². The molecular weight excluding hydrogens is 424 g/mol. The fourth-order valence-electron chi connectivity index (χ4n) is 7.77. The first kappa shape index (κ1) is 25.3. The second kappa shape index (κ2) is 10.0. The zero-order valence-electron chi connectivity index (χ0n) is 20.4. The smallest absolute Gasteiger partial charge is 0.268 e. The molecule has 0 aromatic heterocycles. The molecule has 3 aliphatic carbocycles. The summed E-state index contributed by atoms with van der Waals surface area (Å²) in [6.45, 7) is 6.37. The zero-order valence-corrected chi connectivity index (χ0v) is 20.4. The minimum Gasteiger partial charge on any atom is -0.393 e. The highest BCUT2D eigenvalue weighted by atomic mass is 19.3. The Balaban J connectivity index is 1.43. The van der Waals surface area contributed by atoms with Crippen LogP contribution in [-0.2, 0) is 0 Å². The summed E-state index contributed by atoms with van der Waals surface area (Å²) in [4.78, 5) is 2.07. The Morgan fingerprint density at radius 2 is 1.82 bits per heavy atom. The molecule has 4 aliphatic rings. The Labute approximate surface area is 197 Å². The third kappa shape index (κ3) is 5.39. The van der Waals surface area contributed by atoms with Crippen LogP contribution in [-0.4, -0.2) is 64.1 Å². The van der Waals surface area contributed by atoms with Crippen molar-refractivity contribution < 1.29 is 24.1 Å². The molecule has 4 nitrogen and oxygen atoms in total. The molecule has 3 N–H and O–H groups in total. The van der Waals surface area contributed by atoms with Crippen LogP contribution in [0.25, 0.3) is 0 Å². The van der Waals surface area contributed by atoms with Gasteiger partial charge in [0.25, 0.3) is 6.43 Å². The van der Waals surface area contributed by atoms with Gasteiger partial charge in [0.05, 0.1) is 12.2 Å². The maximum Gasteiger partial charge on any atom is 0.268 e. The standard InChI is InChI=1S/C27H43F2NO3/c1-18(16-30-12-4-11-27(33,17-30)25(28)29)23-8-9-24-20(5-3-10-26(23,24)2)7-6-19-13-21(31)15-22(32)14-19/h6-7,18,21-25,31-33H,3-5,8-17H2,1-2H3/t18-,21-,22-,23-,24+,26-,27?/m1/s1. The van der Waals surface area contributed by atoms with Gasteiger partial charge in [-0.3, -0.25) is 4.90 Å². The molecule has 6 heteroatoms. The average molecular weight is 468 g/mol. The quantitative estimate of drug-likeness (QED) is 0.549. The Bertz CT molecular complexity index is 744. The van der Waals surface area contributed by atoms with Crippen molar-refractivity contribution in [2.75, 3.05) is 19.6 Å². The van der Waals surface area contributed by atoms with E-state index in [1.165, 1.54) is 31.3 Å². The number of nitrogens with zero attached hydrogens (tertiary/aromatic N) is 1. The molecule has 1 saturated heterocycles. The molecule has 1 heterocycles. The Morgan fingerprint density at radius 1 is 1.09 bits per heavy atom. The van der Waals surface area contributed by atoms with Crippen molar-refractivity contribution in [3.05, 3.63) is 23.3 Å². The van der Waals surface area contributed by atoms with Gasteiger partial charge in [0.15, 0.2) is 0 Å². The Kier molecular flexibility index (Phi) is 7.69. The largest absolute Gasteiger partial charge is 0.393 e. The fourth-order valence-corrected chi connectivity index (χ4v) is 7.77. The van der Waals surface area contributed by atoms with Crippen LogP contribution in [0.5, 0.6) is 0 Å². The van der Waals surface area contributed by atoms with Crippen molar-refractivity contribution in [1.29, 1.82) is 0 Å². The molecule has 7 atom stereocenters. The average Bonchev–Trinajstić information content (AvgIpc) is 3.09. The highest BCUT2D eigenvalue weighted by molar-refractivity contribution is 5.26. The second-order valence-corrected chi connectivity index (χ2v) is 11.8. The van der Waals surface area contributed by atoms with Crippen LogP contribution in [0.4, 0.5) is 8.78 Å². The number of alkyl halides is 2. The zero-order chi connectivity index (χ0) is 23.8. The number of allylic oxidation sites excluding steroid dienone is 3. The number of β-amino-alcohol motifs (C(OH)–C–C–N with tert-alkyl or cyclic N) is 1. The van der Waals surface area contributed by atoms with Crippen LogP contribution < -0.4 is 0 Å². The number of hydrogen-bond donors (Lipinski definition) is 3. The van der Waals surface area contributed by atoms with E-state index in [0.717, 1.165) is 25.1 Å². The van der Waals surface area contributed by atoms with Crippen molar-refractivity contribution >= 4 is 0 Å². The van der Waals surface area contributed by atoms with Crippen molar-refractivity contribution in [2.24, 2.45) is 23.2 Å². The van der Waals surface area contributed by atoms with Crippen LogP contribution in [0.2, 0.25) is 0 Å². The molecule has 0 aromatic carbocycles. The lowest BCUT2D eigenvalue weighted by molar-refractivity contribution is -0.133. The molecule has 188 valence electrons. The third-order valence-corrected chi connectivity index (χ3v) is 9.33. The monoisotopic (exact) mass is 467 g/mol. The second-order valence-electron chi connectivity index (χ2n) is 11.8. The van der Waals surface area contributed by atoms with Crippen LogP contribution in [0, 0.1) is 23.2 Å². The van der Waals surface area contributed by atoms with Crippen molar-refractivity contribution in [2.45, 2.75) is 102 Å². The highest BCUT2D eigenvalue weighted by Gasteiger charge is 2.51. The minimum atomic E-state index is -2.68. The molecule has 0 spiro atoms. The van der Waals surface area contributed by atoms with Gasteiger partial charge in [0.2, 0.25) is 0 Å². The number of aliphatic hydroxyl groups is 3. The molecule has 0 amide bonds. The number of piperidine rings is 1. The van der Waals surface area contributed by atoms with Crippen LogP contribution in [0.15, 0.2) is 23.3 Å². The molecule has 0 aromatic rings. The molecule has 3 saturated carbocycles. The lowest BCUT2D eigenvalue weighted by Crippen LogP contribution is -2.54. The highest BCUT2D eigenvalue weighted by Crippen LogP contribution is 2.59. The van der Waals surface area contributed by atoms with E-state index in [4.69, 9.17) is 0 Å². The molecule has 1 aliphatic heterocycles. The summed E-state index contributed by atoms with van der Waals surface area (Å²) in [6.07, 6.45) is 9.31. The minimum absolute atomic E-state index is 0.0816. The maximum absolute atomic E-state index is 13.4. The number of fused-ring (bicyclic) bond motifs is 1. The Hall–Kier alpha value is -0.820. The molecule has 1 unspecified atom stereocenters. The van der Waals surface area contributed by atoms with Gasteiger partial charge in [0.1, 0.15) is 5.60 Å². The number of hydrogen-bond acceptors (Lipinski definition) is 4. The van der Waals surface area contributed by atoms with E-state index in [-0.39, 0.29) is 18.4 Å². The predicted molar refractivity (Wildman–Crippen MR) is 126 cm³/mol. The van der Waals surface area contributed by atoms with Gasteiger partial charge in [-0.2, -0.15) is 0 Å². The normalized spacial score (nSPS) is 42.5. The van der Waals surface area contributed by atoms with Gasteiger partial charge in [-0.1, -0.05) is 37.1 Å². The summed E-state index contributed by atoms with van der Waals surface area (Å²) in [5, 5.41) is 30.3. The van der Waals surface area contributed by atoms with Gasteiger partial charge in [0, 0.05) is 13.1 Å². The molecule has 4 fully saturated rings. The van der Waals surface area contributed by atoms with Crippen molar-refractivity contribution in [3.63, 3.8) is 0 Å². The van der Waals surface area contributed by atoms with E-state index in [2.05, 4.69) is 30.9 Å². The summed E-state index contributed by atoms with van der Waals surface area (Å²) in [7, 11) is 0. The maximum atomic E-state index is 13.4. The van der Waals surface area contributed by atoms with Crippen LogP contribution in [0.3, 0.4) is 0 Å². The van der Waals surface area contributed by atoms with Gasteiger partial charge < -0.3 is 15.3 Å². The number of likely N-dealkylation sites (tertiary alicyclic amines) is 1. The molecule has 4 rings (SSSR count). The van der Waals surface area contributed by atoms with Gasteiger partial charge in [-0.15, -0.1) is 0 Å². The summed E-state index contributed by atoms with van der Waals surface area (Å²) in [6, 6.07) is 0. The van der Waals surface area contributed by atoms with Crippen LogP contribution >= 0.6 is 0 Å². The number of rotatable bonds is 5. The first-order chi connectivity index (χ1) is 15.6. The third-order valence-electron chi connectivity index (χ3n) is 9.33. The Morgan fingerprint density at radius 3 is 2.52 bits per heavy atom. The molecule has 33 heavy (non-hydrogen) atoms.